The molecule has 0 atom stereocenters. The molecule has 0 aromatic heterocycles. The third kappa shape index (κ3) is 2.37. The summed E-state index contributed by atoms with van der Waals surface area (Å²) >= 11 is 3.16. The highest BCUT2D eigenvalue weighted by atomic mass is 79.9. The smallest absolute Gasteiger partial charge is 0.137 e. The van der Waals surface area contributed by atoms with E-state index in [0.29, 0.717) is 23.1 Å². The quantitative estimate of drug-likeness (QED) is 0.783. The third-order valence-electron chi connectivity index (χ3n) is 2.59. The van der Waals surface area contributed by atoms with Crippen LogP contribution in [0.4, 0.5) is 10.1 Å². The molecule has 0 unspecified atom stereocenters. The summed E-state index contributed by atoms with van der Waals surface area (Å²) in [5, 5.41) is 0. The number of halogens is 2. The summed E-state index contributed by atoms with van der Waals surface area (Å²) in [5.41, 5.74) is 0.968. The molecule has 2 rings (SSSR count). The molecular formula is C11H11BrFNO. The van der Waals surface area contributed by atoms with E-state index in [9.17, 15) is 9.18 Å². The van der Waals surface area contributed by atoms with Crippen molar-refractivity contribution in [2.75, 3.05) is 18.0 Å². The van der Waals surface area contributed by atoms with Crippen molar-refractivity contribution in [1.29, 1.82) is 0 Å². The molecule has 0 saturated carbocycles. The van der Waals surface area contributed by atoms with E-state index >= 15 is 0 Å². The van der Waals surface area contributed by atoms with E-state index in [1.54, 1.807) is 12.1 Å². The maximum atomic E-state index is 13.0. The molecule has 0 amide bonds. The summed E-state index contributed by atoms with van der Waals surface area (Å²) in [6, 6.07) is 4.94. The Labute approximate surface area is 96.2 Å². The van der Waals surface area contributed by atoms with Crippen LogP contribution < -0.4 is 4.90 Å². The van der Waals surface area contributed by atoms with Crippen LogP contribution in [-0.2, 0) is 4.79 Å². The SMILES string of the molecule is O=C1CCN(c2ccc(F)c(Br)c2)CC1. The van der Waals surface area contributed by atoms with Crippen LogP contribution in [0.1, 0.15) is 12.8 Å². The number of carbonyl (C=O) groups is 1. The Hall–Kier alpha value is -0.900. The van der Waals surface area contributed by atoms with Crippen LogP contribution in [0.25, 0.3) is 0 Å². The van der Waals surface area contributed by atoms with Crippen molar-refractivity contribution in [2.24, 2.45) is 0 Å². The van der Waals surface area contributed by atoms with Gasteiger partial charge in [-0.1, -0.05) is 0 Å². The maximum Gasteiger partial charge on any atom is 0.137 e. The third-order valence-corrected chi connectivity index (χ3v) is 3.20. The number of hydrogen-bond acceptors (Lipinski definition) is 2. The van der Waals surface area contributed by atoms with Crippen molar-refractivity contribution < 1.29 is 9.18 Å². The lowest BCUT2D eigenvalue weighted by atomic mass is 10.1. The first-order valence-corrected chi connectivity index (χ1v) is 5.68. The molecule has 0 aliphatic carbocycles. The van der Waals surface area contributed by atoms with Gasteiger partial charge >= 0.3 is 0 Å². The fourth-order valence-corrected chi connectivity index (χ4v) is 2.06. The number of anilines is 1. The van der Waals surface area contributed by atoms with Gasteiger partial charge in [0.1, 0.15) is 11.6 Å². The summed E-state index contributed by atoms with van der Waals surface area (Å²) in [6.45, 7) is 1.47. The molecule has 1 saturated heterocycles. The van der Waals surface area contributed by atoms with Crippen LogP contribution in [0, 0.1) is 5.82 Å². The second-order valence-corrected chi connectivity index (χ2v) is 4.48. The first-order chi connectivity index (χ1) is 7.16. The van der Waals surface area contributed by atoms with E-state index in [0.717, 1.165) is 18.8 Å². The Bertz CT molecular complexity index is 384. The summed E-state index contributed by atoms with van der Waals surface area (Å²) < 4.78 is 13.5. The van der Waals surface area contributed by atoms with Crippen LogP contribution in [0.5, 0.6) is 0 Å². The van der Waals surface area contributed by atoms with Crippen LogP contribution >= 0.6 is 15.9 Å². The number of piperidine rings is 1. The van der Waals surface area contributed by atoms with Gasteiger partial charge < -0.3 is 4.90 Å². The summed E-state index contributed by atoms with van der Waals surface area (Å²) in [5.74, 6) is 0.0549. The van der Waals surface area contributed by atoms with Crippen LogP contribution in [0.2, 0.25) is 0 Å². The van der Waals surface area contributed by atoms with Gasteiger partial charge in [0, 0.05) is 31.6 Å². The number of carbonyl (C=O) groups excluding carboxylic acids is 1. The van der Waals surface area contributed by atoms with E-state index in [2.05, 4.69) is 20.8 Å². The molecular weight excluding hydrogens is 261 g/mol. The average Bonchev–Trinajstić information content (AvgIpc) is 2.23. The minimum atomic E-state index is -0.258. The molecule has 0 spiro atoms. The highest BCUT2D eigenvalue weighted by Gasteiger charge is 2.16. The van der Waals surface area contributed by atoms with Crippen LogP contribution in [0.3, 0.4) is 0 Å². The fraction of sp³-hybridized carbons (Fsp3) is 0.364. The first kappa shape index (κ1) is 10.6. The molecule has 4 heteroatoms. The number of hydrogen-bond donors (Lipinski definition) is 0. The minimum Gasteiger partial charge on any atom is -0.371 e. The van der Waals surface area contributed by atoms with Crippen LogP contribution in [0.15, 0.2) is 22.7 Å². The molecule has 80 valence electrons. The van der Waals surface area contributed by atoms with Gasteiger partial charge in [-0.3, -0.25) is 4.79 Å². The van der Waals surface area contributed by atoms with Gasteiger partial charge in [-0.25, -0.2) is 4.39 Å². The Morgan fingerprint density at radius 3 is 2.53 bits per heavy atom. The van der Waals surface area contributed by atoms with Gasteiger partial charge in [-0.05, 0) is 34.1 Å². The standard InChI is InChI=1S/C11H11BrFNO/c12-10-7-8(1-2-11(10)13)14-5-3-9(15)4-6-14/h1-2,7H,3-6H2. The number of ketones is 1. The zero-order chi connectivity index (χ0) is 10.8. The van der Waals surface area contributed by atoms with Crippen molar-refractivity contribution in [3.63, 3.8) is 0 Å². The molecule has 1 aromatic rings. The van der Waals surface area contributed by atoms with Gasteiger partial charge in [0.2, 0.25) is 0 Å². The molecule has 1 fully saturated rings. The number of benzene rings is 1. The maximum absolute atomic E-state index is 13.0. The number of rotatable bonds is 1. The monoisotopic (exact) mass is 271 g/mol. The highest BCUT2D eigenvalue weighted by molar-refractivity contribution is 9.10. The zero-order valence-electron chi connectivity index (χ0n) is 8.17. The van der Waals surface area contributed by atoms with Crippen molar-refractivity contribution >= 4 is 27.4 Å². The predicted molar refractivity (Wildman–Crippen MR) is 60.6 cm³/mol. The summed E-state index contributed by atoms with van der Waals surface area (Å²) in [4.78, 5) is 13.2. The molecule has 1 heterocycles. The number of Topliss-reactive ketones (excluding diaryl/α,β-unsaturated/α-hetero) is 1. The van der Waals surface area contributed by atoms with Crippen molar-refractivity contribution in [2.45, 2.75) is 12.8 Å². The molecule has 1 aliphatic rings. The summed E-state index contributed by atoms with van der Waals surface area (Å²) in [6.07, 6.45) is 1.18. The lowest BCUT2D eigenvalue weighted by Crippen LogP contribution is -2.33. The van der Waals surface area contributed by atoms with Gasteiger partial charge in [-0.2, -0.15) is 0 Å². The summed E-state index contributed by atoms with van der Waals surface area (Å²) in [7, 11) is 0. The molecule has 2 nitrogen and oxygen atoms in total. The highest BCUT2D eigenvalue weighted by Crippen LogP contribution is 2.24. The topological polar surface area (TPSA) is 20.3 Å². The fourth-order valence-electron chi connectivity index (χ4n) is 1.70. The molecule has 0 radical (unpaired) electrons. The minimum absolute atomic E-state index is 0.258. The Kier molecular flexibility index (Phi) is 3.05. The lowest BCUT2D eigenvalue weighted by molar-refractivity contribution is -0.119. The van der Waals surface area contributed by atoms with Gasteiger partial charge in [-0.15, -0.1) is 0 Å². The lowest BCUT2D eigenvalue weighted by Gasteiger charge is -2.28. The van der Waals surface area contributed by atoms with Crippen molar-refractivity contribution in [3.8, 4) is 0 Å². The predicted octanol–water partition coefficient (Wildman–Crippen LogP) is 2.76. The van der Waals surface area contributed by atoms with Crippen molar-refractivity contribution in [1.82, 2.24) is 0 Å². The van der Waals surface area contributed by atoms with Crippen molar-refractivity contribution in [3.05, 3.63) is 28.5 Å². The second-order valence-electron chi connectivity index (χ2n) is 3.62. The Morgan fingerprint density at radius 2 is 1.93 bits per heavy atom. The first-order valence-electron chi connectivity index (χ1n) is 4.88. The molecule has 1 aliphatic heterocycles. The van der Waals surface area contributed by atoms with Gasteiger partial charge in [0.15, 0.2) is 0 Å². The Balaban J connectivity index is 2.16. The Morgan fingerprint density at radius 1 is 1.27 bits per heavy atom. The molecule has 1 aromatic carbocycles. The second kappa shape index (κ2) is 4.31. The molecule has 0 bridgehead atoms. The van der Waals surface area contributed by atoms with E-state index in [1.165, 1.54) is 6.07 Å². The molecule has 0 N–H and O–H groups in total. The van der Waals surface area contributed by atoms with Gasteiger partial charge in [0.05, 0.1) is 4.47 Å². The largest absolute Gasteiger partial charge is 0.371 e. The van der Waals surface area contributed by atoms with Crippen LogP contribution in [-0.4, -0.2) is 18.9 Å². The van der Waals surface area contributed by atoms with E-state index in [-0.39, 0.29) is 5.82 Å². The average molecular weight is 272 g/mol. The number of nitrogens with zero attached hydrogens (tertiary/aromatic N) is 1. The molecule has 15 heavy (non-hydrogen) atoms. The zero-order valence-corrected chi connectivity index (χ0v) is 9.76. The van der Waals surface area contributed by atoms with E-state index in [4.69, 9.17) is 0 Å². The normalized spacial score (nSPS) is 16.9. The van der Waals surface area contributed by atoms with Gasteiger partial charge in [0.25, 0.3) is 0 Å². The van der Waals surface area contributed by atoms with E-state index < -0.39 is 0 Å². The van der Waals surface area contributed by atoms with E-state index in [1.807, 2.05) is 0 Å².